The van der Waals surface area contributed by atoms with E-state index in [4.69, 9.17) is 11.6 Å². The molecule has 0 saturated carbocycles. The zero-order valence-corrected chi connectivity index (χ0v) is 7.69. The van der Waals surface area contributed by atoms with Crippen molar-refractivity contribution >= 4 is 11.6 Å². The van der Waals surface area contributed by atoms with Crippen molar-refractivity contribution < 1.29 is 9.50 Å². The lowest BCUT2D eigenvalue weighted by molar-refractivity contribution is 0.0782. The largest absolute Gasteiger partial charge is 0.386 e. The van der Waals surface area contributed by atoms with Crippen LogP contribution in [0.15, 0.2) is 18.2 Å². The van der Waals surface area contributed by atoms with Gasteiger partial charge in [-0.05, 0) is 31.5 Å². The van der Waals surface area contributed by atoms with Crippen LogP contribution in [0.2, 0.25) is 5.02 Å². The Balaban J connectivity index is 3.14. The van der Waals surface area contributed by atoms with Crippen molar-refractivity contribution in [1.82, 2.24) is 0 Å². The molecule has 0 fully saturated rings. The van der Waals surface area contributed by atoms with Gasteiger partial charge in [-0.1, -0.05) is 17.7 Å². The highest BCUT2D eigenvalue weighted by molar-refractivity contribution is 6.30. The zero-order chi connectivity index (χ0) is 9.35. The molecule has 3 heteroatoms. The summed E-state index contributed by atoms with van der Waals surface area (Å²) in [5, 5.41) is 9.57. The third-order valence-corrected chi connectivity index (χ3v) is 1.93. The van der Waals surface area contributed by atoms with E-state index in [-0.39, 0.29) is 5.02 Å². The highest BCUT2D eigenvalue weighted by atomic mass is 35.5. The van der Waals surface area contributed by atoms with Gasteiger partial charge in [-0.2, -0.15) is 0 Å². The fourth-order valence-electron chi connectivity index (χ4n) is 0.877. The summed E-state index contributed by atoms with van der Waals surface area (Å²) in [6, 6.07) is 4.28. The van der Waals surface area contributed by atoms with E-state index in [1.165, 1.54) is 12.1 Å². The summed E-state index contributed by atoms with van der Waals surface area (Å²) in [6.07, 6.45) is 0. The van der Waals surface area contributed by atoms with Crippen LogP contribution in [0.1, 0.15) is 19.4 Å². The van der Waals surface area contributed by atoms with Crippen molar-refractivity contribution in [2.75, 3.05) is 0 Å². The number of halogens is 2. The van der Waals surface area contributed by atoms with Crippen LogP contribution in [0.4, 0.5) is 4.39 Å². The summed E-state index contributed by atoms with van der Waals surface area (Å²) < 4.78 is 12.9. The Morgan fingerprint density at radius 1 is 1.42 bits per heavy atom. The number of hydrogen-bond donors (Lipinski definition) is 1. The van der Waals surface area contributed by atoms with Gasteiger partial charge in [-0.25, -0.2) is 4.39 Å². The number of hydrogen-bond acceptors (Lipinski definition) is 1. The smallest absolute Gasteiger partial charge is 0.142 e. The predicted octanol–water partition coefficient (Wildman–Crippen LogP) is 2.71. The molecule has 1 N–H and O–H groups in total. The fourth-order valence-corrected chi connectivity index (χ4v) is 0.994. The molecular weight excluding hydrogens is 179 g/mol. The van der Waals surface area contributed by atoms with E-state index in [1.54, 1.807) is 19.9 Å². The van der Waals surface area contributed by atoms with Gasteiger partial charge in [-0.15, -0.1) is 0 Å². The van der Waals surface area contributed by atoms with Crippen molar-refractivity contribution in [3.05, 3.63) is 34.6 Å². The molecule has 12 heavy (non-hydrogen) atoms. The lowest BCUT2D eigenvalue weighted by atomic mass is 9.99. The van der Waals surface area contributed by atoms with Crippen LogP contribution in [0, 0.1) is 5.82 Å². The number of benzene rings is 1. The standard InChI is InChI=1S/C9H10ClFO/c1-9(2,12)6-3-4-7(10)8(11)5-6/h3-5,12H,1-2H3. The van der Waals surface area contributed by atoms with Gasteiger partial charge in [0.1, 0.15) is 5.82 Å². The molecule has 0 unspecified atom stereocenters. The molecule has 0 amide bonds. The van der Waals surface area contributed by atoms with Gasteiger partial charge in [0, 0.05) is 0 Å². The van der Waals surface area contributed by atoms with Crippen LogP contribution in [-0.4, -0.2) is 5.11 Å². The molecule has 0 radical (unpaired) electrons. The first-order valence-corrected chi connectivity index (χ1v) is 3.97. The molecular formula is C9H10ClFO. The summed E-state index contributed by atoms with van der Waals surface area (Å²) in [5.41, 5.74) is -0.504. The molecule has 1 rings (SSSR count). The van der Waals surface area contributed by atoms with Crippen LogP contribution >= 0.6 is 11.6 Å². The summed E-state index contributed by atoms with van der Waals surface area (Å²) in [4.78, 5) is 0. The second-order valence-electron chi connectivity index (χ2n) is 3.19. The first kappa shape index (κ1) is 9.49. The molecule has 1 nitrogen and oxygen atoms in total. The topological polar surface area (TPSA) is 20.2 Å². The molecule has 1 aromatic rings. The second-order valence-corrected chi connectivity index (χ2v) is 3.60. The lowest BCUT2D eigenvalue weighted by Gasteiger charge is -2.17. The molecule has 66 valence electrons. The monoisotopic (exact) mass is 188 g/mol. The van der Waals surface area contributed by atoms with Crippen molar-refractivity contribution in [3.8, 4) is 0 Å². The van der Waals surface area contributed by atoms with Crippen molar-refractivity contribution in [1.29, 1.82) is 0 Å². The van der Waals surface area contributed by atoms with E-state index in [0.29, 0.717) is 5.56 Å². The molecule has 0 spiro atoms. The Labute approximate surface area is 75.8 Å². The zero-order valence-electron chi connectivity index (χ0n) is 6.94. The van der Waals surface area contributed by atoms with Gasteiger partial charge in [0.05, 0.1) is 10.6 Å². The molecule has 0 atom stereocenters. The minimum Gasteiger partial charge on any atom is -0.386 e. The summed E-state index contributed by atoms with van der Waals surface area (Å²) >= 11 is 5.47. The normalized spacial score (nSPS) is 11.8. The summed E-state index contributed by atoms with van der Waals surface area (Å²) in [6.45, 7) is 3.19. The predicted molar refractivity (Wildman–Crippen MR) is 46.7 cm³/mol. The quantitative estimate of drug-likeness (QED) is 0.719. The second kappa shape index (κ2) is 3.04. The SMILES string of the molecule is CC(C)(O)c1ccc(Cl)c(F)c1. The highest BCUT2D eigenvalue weighted by Gasteiger charge is 2.16. The van der Waals surface area contributed by atoms with Gasteiger partial charge < -0.3 is 5.11 Å². The molecule has 0 saturated heterocycles. The van der Waals surface area contributed by atoms with Gasteiger partial charge in [-0.3, -0.25) is 0 Å². The third-order valence-electron chi connectivity index (χ3n) is 1.63. The maximum atomic E-state index is 12.9. The lowest BCUT2D eigenvalue weighted by Crippen LogP contribution is -2.15. The van der Waals surface area contributed by atoms with Crippen LogP contribution in [0.5, 0.6) is 0 Å². The summed E-state index contributed by atoms with van der Waals surface area (Å²) in [7, 11) is 0. The van der Waals surface area contributed by atoms with E-state index in [1.807, 2.05) is 0 Å². The maximum Gasteiger partial charge on any atom is 0.142 e. The minimum atomic E-state index is -1.02. The van der Waals surface area contributed by atoms with Crippen LogP contribution in [0.3, 0.4) is 0 Å². The Bertz CT molecular complexity index is 291. The van der Waals surface area contributed by atoms with Crippen LogP contribution in [0.25, 0.3) is 0 Å². The molecule has 0 aliphatic rings. The minimum absolute atomic E-state index is 0.0722. The average Bonchev–Trinajstić information content (AvgIpc) is 1.92. The third kappa shape index (κ3) is 1.96. The molecule has 1 aromatic carbocycles. The number of rotatable bonds is 1. The van der Waals surface area contributed by atoms with Crippen molar-refractivity contribution in [3.63, 3.8) is 0 Å². The Morgan fingerprint density at radius 2 is 2.00 bits per heavy atom. The van der Waals surface area contributed by atoms with E-state index in [2.05, 4.69) is 0 Å². The Hall–Kier alpha value is -0.600. The number of aliphatic hydroxyl groups is 1. The van der Waals surface area contributed by atoms with Crippen molar-refractivity contribution in [2.24, 2.45) is 0 Å². The molecule has 0 aliphatic heterocycles. The molecule has 0 heterocycles. The molecule has 0 aliphatic carbocycles. The van der Waals surface area contributed by atoms with Gasteiger partial charge in [0.2, 0.25) is 0 Å². The van der Waals surface area contributed by atoms with Crippen molar-refractivity contribution in [2.45, 2.75) is 19.4 Å². The highest BCUT2D eigenvalue weighted by Crippen LogP contribution is 2.23. The molecule has 0 aromatic heterocycles. The van der Waals surface area contributed by atoms with E-state index in [9.17, 15) is 9.50 Å². The average molecular weight is 189 g/mol. The van der Waals surface area contributed by atoms with Gasteiger partial charge in [0.25, 0.3) is 0 Å². The Kier molecular flexibility index (Phi) is 2.40. The van der Waals surface area contributed by atoms with E-state index < -0.39 is 11.4 Å². The van der Waals surface area contributed by atoms with Gasteiger partial charge >= 0.3 is 0 Å². The maximum absolute atomic E-state index is 12.9. The van der Waals surface area contributed by atoms with E-state index >= 15 is 0 Å². The van der Waals surface area contributed by atoms with E-state index in [0.717, 1.165) is 0 Å². The van der Waals surface area contributed by atoms with Crippen LogP contribution in [-0.2, 0) is 5.60 Å². The first-order chi connectivity index (χ1) is 5.41. The van der Waals surface area contributed by atoms with Crippen LogP contribution < -0.4 is 0 Å². The first-order valence-electron chi connectivity index (χ1n) is 3.59. The van der Waals surface area contributed by atoms with Gasteiger partial charge in [0.15, 0.2) is 0 Å². The fraction of sp³-hybridized carbons (Fsp3) is 0.333. The Morgan fingerprint density at radius 3 is 2.42 bits per heavy atom. The summed E-state index contributed by atoms with van der Waals surface area (Å²) in [5.74, 6) is -0.503. The molecule has 0 bridgehead atoms.